The molecule has 0 bridgehead atoms. The van der Waals surface area contributed by atoms with Crippen molar-refractivity contribution in [2.24, 2.45) is 0 Å². The molecule has 3 aromatic heterocycles. The predicted molar refractivity (Wildman–Crippen MR) is 68.3 cm³/mol. The number of hydrogen-bond acceptors (Lipinski definition) is 6. The molecule has 0 saturated heterocycles. The van der Waals surface area contributed by atoms with E-state index in [0.717, 1.165) is 0 Å². The zero-order chi connectivity index (χ0) is 13.2. The molecule has 0 spiro atoms. The Morgan fingerprint density at radius 1 is 1.32 bits per heavy atom. The second-order valence-corrected chi connectivity index (χ2v) is 4.28. The molecular formula is C11H9ClN6O. The van der Waals surface area contributed by atoms with Gasteiger partial charge in [0.15, 0.2) is 0 Å². The third-order valence-electron chi connectivity index (χ3n) is 2.38. The van der Waals surface area contributed by atoms with E-state index < -0.39 is 0 Å². The summed E-state index contributed by atoms with van der Waals surface area (Å²) < 4.78 is 6.74. The second kappa shape index (κ2) is 4.69. The number of rotatable bonds is 3. The smallest absolute Gasteiger partial charge is 0.248 e. The van der Waals surface area contributed by atoms with E-state index in [0.29, 0.717) is 34.7 Å². The predicted octanol–water partition coefficient (Wildman–Crippen LogP) is 1.61. The zero-order valence-corrected chi connectivity index (χ0v) is 10.4. The lowest BCUT2D eigenvalue weighted by atomic mass is 10.3. The van der Waals surface area contributed by atoms with Crippen LogP contribution in [0.1, 0.15) is 5.89 Å². The summed E-state index contributed by atoms with van der Waals surface area (Å²) in [6.45, 7) is 0.359. The molecule has 3 aromatic rings. The molecule has 0 aromatic carbocycles. The molecule has 0 unspecified atom stereocenters. The normalized spacial score (nSPS) is 10.8. The fraction of sp³-hybridized carbons (Fsp3) is 0.0909. The zero-order valence-electron chi connectivity index (χ0n) is 9.69. The van der Waals surface area contributed by atoms with E-state index in [9.17, 15) is 0 Å². The van der Waals surface area contributed by atoms with Crippen LogP contribution in [-0.4, -0.2) is 24.9 Å². The van der Waals surface area contributed by atoms with E-state index in [-0.39, 0.29) is 0 Å². The highest BCUT2D eigenvalue weighted by atomic mass is 35.5. The lowest BCUT2D eigenvalue weighted by Gasteiger charge is -1.94. The standard InChI is InChI=1S/C11H9ClN6O/c12-7-1-2-9(14-3-7)11-16-10(19-17-11)6-18-5-8(13)4-15-18/h1-5H,6,13H2. The Morgan fingerprint density at radius 3 is 2.89 bits per heavy atom. The molecule has 0 fully saturated rings. The van der Waals surface area contributed by atoms with Gasteiger partial charge in [0.25, 0.3) is 0 Å². The number of halogens is 1. The van der Waals surface area contributed by atoms with Crippen molar-refractivity contribution in [1.29, 1.82) is 0 Å². The van der Waals surface area contributed by atoms with Gasteiger partial charge in [-0.25, -0.2) is 0 Å². The van der Waals surface area contributed by atoms with Crippen molar-refractivity contribution in [3.63, 3.8) is 0 Å². The van der Waals surface area contributed by atoms with Crippen LogP contribution in [0.5, 0.6) is 0 Å². The van der Waals surface area contributed by atoms with Crippen molar-refractivity contribution in [1.82, 2.24) is 24.9 Å². The van der Waals surface area contributed by atoms with Gasteiger partial charge in [-0.1, -0.05) is 16.8 Å². The van der Waals surface area contributed by atoms with Crippen LogP contribution in [-0.2, 0) is 6.54 Å². The van der Waals surface area contributed by atoms with Gasteiger partial charge in [-0.2, -0.15) is 10.1 Å². The first-order valence-corrected chi connectivity index (χ1v) is 5.81. The van der Waals surface area contributed by atoms with Gasteiger partial charge in [0, 0.05) is 12.4 Å². The van der Waals surface area contributed by atoms with Crippen LogP contribution in [0.15, 0.2) is 35.2 Å². The maximum Gasteiger partial charge on any atom is 0.248 e. The first kappa shape index (κ1) is 11.7. The van der Waals surface area contributed by atoms with E-state index in [1.54, 1.807) is 29.2 Å². The highest BCUT2D eigenvalue weighted by Crippen LogP contribution is 2.15. The van der Waals surface area contributed by atoms with Gasteiger partial charge in [0.05, 0.1) is 16.9 Å². The van der Waals surface area contributed by atoms with E-state index in [4.69, 9.17) is 21.9 Å². The number of aromatic nitrogens is 5. The summed E-state index contributed by atoms with van der Waals surface area (Å²) in [5, 5.41) is 8.45. The minimum Gasteiger partial charge on any atom is -0.396 e. The Balaban J connectivity index is 1.81. The summed E-state index contributed by atoms with van der Waals surface area (Å²) in [6.07, 6.45) is 4.77. The molecule has 0 radical (unpaired) electrons. The highest BCUT2D eigenvalue weighted by molar-refractivity contribution is 6.30. The van der Waals surface area contributed by atoms with Gasteiger partial charge in [0.2, 0.25) is 11.7 Å². The molecule has 0 amide bonds. The van der Waals surface area contributed by atoms with Gasteiger partial charge in [-0.3, -0.25) is 9.67 Å². The van der Waals surface area contributed by atoms with Crippen molar-refractivity contribution < 1.29 is 4.52 Å². The minimum absolute atomic E-state index is 0.359. The average molecular weight is 277 g/mol. The van der Waals surface area contributed by atoms with Crippen molar-refractivity contribution >= 4 is 17.3 Å². The molecule has 3 rings (SSSR count). The quantitative estimate of drug-likeness (QED) is 0.781. The van der Waals surface area contributed by atoms with Crippen molar-refractivity contribution in [3.05, 3.63) is 41.6 Å². The van der Waals surface area contributed by atoms with Gasteiger partial charge >= 0.3 is 0 Å². The number of nitrogens with two attached hydrogens (primary N) is 1. The van der Waals surface area contributed by atoms with Gasteiger partial charge in [0.1, 0.15) is 12.2 Å². The Labute approximate surface area is 113 Å². The summed E-state index contributed by atoms with van der Waals surface area (Å²) in [7, 11) is 0. The molecule has 8 heteroatoms. The first-order valence-electron chi connectivity index (χ1n) is 5.43. The van der Waals surface area contributed by atoms with Crippen LogP contribution < -0.4 is 5.73 Å². The first-order chi connectivity index (χ1) is 9.20. The monoisotopic (exact) mass is 276 g/mol. The fourth-order valence-corrected chi connectivity index (χ4v) is 1.65. The molecule has 3 heterocycles. The molecule has 0 aliphatic heterocycles. The van der Waals surface area contributed by atoms with Crippen molar-refractivity contribution in [2.75, 3.05) is 5.73 Å². The Bertz CT molecular complexity index is 689. The maximum atomic E-state index is 5.76. The number of nitrogens with zero attached hydrogens (tertiary/aromatic N) is 5. The van der Waals surface area contributed by atoms with Crippen LogP contribution in [0.25, 0.3) is 11.5 Å². The van der Waals surface area contributed by atoms with Crippen LogP contribution in [0, 0.1) is 0 Å². The lowest BCUT2D eigenvalue weighted by molar-refractivity contribution is 0.366. The summed E-state index contributed by atoms with van der Waals surface area (Å²) in [5.41, 5.74) is 6.75. The third-order valence-corrected chi connectivity index (χ3v) is 2.60. The Kier molecular flexibility index (Phi) is 2.88. The highest BCUT2D eigenvalue weighted by Gasteiger charge is 2.10. The SMILES string of the molecule is Nc1cnn(Cc2nc(-c3ccc(Cl)cn3)no2)c1. The van der Waals surface area contributed by atoms with E-state index >= 15 is 0 Å². The van der Waals surface area contributed by atoms with Crippen molar-refractivity contribution in [3.8, 4) is 11.5 Å². The molecule has 19 heavy (non-hydrogen) atoms. The summed E-state index contributed by atoms with van der Waals surface area (Å²) in [6, 6.07) is 3.44. The van der Waals surface area contributed by atoms with Crippen LogP contribution in [0.2, 0.25) is 5.02 Å². The van der Waals surface area contributed by atoms with Gasteiger partial charge in [-0.15, -0.1) is 0 Å². The molecule has 0 atom stereocenters. The fourth-order valence-electron chi connectivity index (χ4n) is 1.54. The summed E-state index contributed by atoms with van der Waals surface area (Å²) in [4.78, 5) is 8.34. The van der Waals surface area contributed by atoms with E-state index in [1.807, 2.05) is 0 Å². The van der Waals surface area contributed by atoms with Gasteiger partial charge < -0.3 is 10.3 Å². The Morgan fingerprint density at radius 2 is 2.21 bits per heavy atom. The molecule has 2 N–H and O–H groups in total. The number of hydrogen-bond donors (Lipinski definition) is 1. The number of anilines is 1. The molecule has 96 valence electrons. The van der Waals surface area contributed by atoms with Crippen molar-refractivity contribution in [2.45, 2.75) is 6.54 Å². The lowest BCUT2D eigenvalue weighted by Crippen LogP contribution is -2.00. The average Bonchev–Trinajstić information content (AvgIpc) is 3.00. The summed E-state index contributed by atoms with van der Waals surface area (Å²) in [5.74, 6) is 0.835. The minimum atomic E-state index is 0.359. The molecule has 0 aliphatic carbocycles. The molecular weight excluding hydrogens is 268 g/mol. The molecule has 7 nitrogen and oxygen atoms in total. The van der Waals surface area contributed by atoms with Crippen LogP contribution in [0.3, 0.4) is 0 Å². The summed E-state index contributed by atoms with van der Waals surface area (Å²) >= 11 is 5.76. The maximum absolute atomic E-state index is 5.76. The van der Waals surface area contributed by atoms with E-state index in [1.165, 1.54) is 6.20 Å². The third kappa shape index (κ3) is 2.55. The second-order valence-electron chi connectivity index (χ2n) is 3.84. The number of nitrogen functional groups attached to an aromatic ring is 1. The topological polar surface area (TPSA) is 95.7 Å². The largest absolute Gasteiger partial charge is 0.396 e. The van der Waals surface area contributed by atoms with Crippen LogP contribution >= 0.6 is 11.6 Å². The number of pyridine rings is 1. The molecule has 0 saturated carbocycles. The van der Waals surface area contributed by atoms with Crippen LogP contribution in [0.4, 0.5) is 5.69 Å². The van der Waals surface area contributed by atoms with Gasteiger partial charge in [-0.05, 0) is 12.1 Å². The van der Waals surface area contributed by atoms with E-state index in [2.05, 4.69) is 20.2 Å². The molecule has 0 aliphatic rings. The Hall–Kier alpha value is -2.41.